The molecule has 2 aromatic rings. The van der Waals surface area contributed by atoms with Gasteiger partial charge in [0.25, 0.3) is 5.92 Å². The molecule has 2 saturated heterocycles. The fraction of sp³-hybridized carbons (Fsp3) is 0.586. The van der Waals surface area contributed by atoms with Crippen molar-refractivity contribution in [1.29, 1.82) is 0 Å². The molecule has 2 fully saturated rings. The van der Waals surface area contributed by atoms with Gasteiger partial charge in [0.1, 0.15) is 6.29 Å². The highest BCUT2D eigenvalue weighted by Gasteiger charge is 2.39. The Morgan fingerprint density at radius 2 is 1.82 bits per heavy atom. The number of carbonyl (C=O) groups is 1. The van der Waals surface area contributed by atoms with Gasteiger partial charge in [-0.15, -0.1) is 0 Å². The molecule has 1 N–H and O–H groups in total. The molecule has 4 heterocycles. The van der Waals surface area contributed by atoms with Gasteiger partial charge in [0.15, 0.2) is 0 Å². The molecule has 1 unspecified atom stereocenters. The molecule has 1 aromatic carbocycles. The number of nitrogens with zero attached hydrogens (tertiary/aromatic N) is 4. The van der Waals surface area contributed by atoms with E-state index in [9.17, 15) is 13.6 Å². The number of benzene rings is 1. The van der Waals surface area contributed by atoms with E-state index in [4.69, 9.17) is 4.74 Å². The molecule has 1 atom stereocenters. The summed E-state index contributed by atoms with van der Waals surface area (Å²) in [6, 6.07) is 9.98. The Balaban J connectivity index is 0.000000194. The predicted molar refractivity (Wildman–Crippen MR) is 148 cm³/mol. The average Bonchev–Trinajstić information content (AvgIpc) is 3.13. The Bertz CT molecular complexity index is 1020. The molecule has 0 aliphatic carbocycles. The van der Waals surface area contributed by atoms with E-state index in [2.05, 4.69) is 47.9 Å². The quantitative estimate of drug-likeness (QED) is 0.607. The second kappa shape index (κ2) is 13.6. The van der Waals surface area contributed by atoms with Gasteiger partial charge in [0.05, 0.1) is 31.1 Å². The normalized spacial score (nSPS) is 21.4. The van der Waals surface area contributed by atoms with E-state index in [1.165, 1.54) is 18.3 Å². The van der Waals surface area contributed by atoms with Gasteiger partial charge in [0.2, 0.25) is 0 Å². The number of aldehydes is 1. The molecule has 3 aliphatic heterocycles. The Hall–Kier alpha value is -2.46. The van der Waals surface area contributed by atoms with Crippen molar-refractivity contribution < 1.29 is 18.3 Å². The van der Waals surface area contributed by atoms with Crippen LogP contribution in [0, 0.1) is 0 Å². The van der Waals surface area contributed by atoms with Gasteiger partial charge in [-0.05, 0) is 20.0 Å². The molecule has 9 heteroatoms. The maximum atomic E-state index is 14.6. The van der Waals surface area contributed by atoms with Crippen molar-refractivity contribution in [1.82, 2.24) is 20.1 Å². The number of likely N-dealkylation sites (N-methyl/N-ethyl adjacent to an activating group) is 2. The zero-order valence-electron chi connectivity index (χ0n) is 23.4. The number of aromatic nitrogens is 1. The summed E-state index contributed by atoms with van der Waals surface area (Å²) in [7, 11) is 4.03. The first-order valence-electron chi connectivity index (χ1n) is 13.4. The summed E-state index contributed by atoms with van der Waals surface area (Å²) in [6.07, 6.45) is 2.28. The van der Waals surface area contributed by atoms with Crippen molar-refractivity contribution in [3.63, 3.8) is 0 Å². The van der Waals surface area contributed by atoms with Gasteiger partial charge in [-0.2, -0.15) is 8.78 Å². The first kappa shape index (κ1) is 30.1. The molecular formula is C29H43F2N5O2. The van der Waals surface area contributed by atoms with E-state index in [0.29, 0.717) is 12.6 Å². The summed E-state index contributed by atoms with van der Waals surface area (Å²) in [5.41, 5.74) is 1.51. The van der Waals surface area contributed by atoms with Gasteiger partial charge in [0, 0.05) is 75.1 Å². The number of fused-ring (bicyclic) bond motifs is 1. The lowest BCUT2D eigenvalue weighted by molar-refractivity contribution is -0.109. The number of hydrogen-bond donors (Lipinski definition) is 1. The summed E-state index contributed by atoms with van der Waals surface area (Å²) in [6.45, 7) is 14.7. The first-order valence-corrected chi connectivity index (χ1v) is 13.4. The first-order chi connectivity index (χ1) is 18.0. The van der Waals surface area contributed by atoms with Crippen molar-refractivity contribution in [2.24, 2.45) is 0 Å². The standard InChI is InChI=1S/C17H18F2N2.C7H14N2O.C5H11NO/c1-16(2)11-21(3)14-9-13(10-20-15(14)16)17(18,19)12-7-5-4-6-8-12;1-7-6-9(4-5-10)3-2-8-7;1-6-2-4-7-5-3-6/h4-10H,11H2,1-3H3;5,7-8H,2-4,6H2,1H3;2-5H2,1H3. The molecule has 7 nitrogen and oxygen atoms in total. The van der Waals surface area contributed by atoms with Crippen molar-refractivity contribution in [3.05, 3.63) is 59.4 Å². The molecule has 210 valence electrons. The number of rotatable bonds is 4. The lowest BCUT2D eigenvalue weighted by atomic mass is 9.90. The summed E-state index contributed by atoms with van der Waals surface area (Å²) >= 11 is 0. The van der Waals surface area contributed by atoms with E-state index < -0.39 is 5.92 Å². The molecule has 1 aromatic heterocycles. The number of hydrogen-bond acceptors (Lipinski definition) is 7. The van der Waals surface area contributed by atoms with E-state index in [1.54, 1.807) is 24.3 Å². The predicted octanol–water partition coefficient (Wildman–Crippen LogP) is 3.38. The van der Waals surface area contributed by atoms with Crippen molar-refractivity contribution in [2.75, 3.05) is 78.0 Å². The number of carbonyl (C=O) groups excluding carboxylic acids is 1. The SMILES string of the molecule is CC1CN(CC=O)CCN1.CN1CC(C)(C)c2ncc(C(F)(F)c3ccccc3)cc21.CN1CCOCC1. The zero-order valence-corrected chi connectivity index (χ0v) is 23.4. The molecule has 0 bridgehead atoms. The Labute approximate surface area is 226 Å². The van der Waals surface area contributed by atoms with Crippen LogP contribution in [0.25, 0.3) is 0 Å². The van der Waals surface area contributed by atoms with Crippen LogP contribution in [-0.2, 0) is 20.9 Å². The van der Waals surface area contributed by atoms with Crippen LogP contribution in [0.5, 0.6) is 0 Å². The van der Waals surface area contributed by atoms with Crippen molar-refractivity contribution >= 4 is 12.0 Å². The molecule has 0 amide bonds. The number of nitrogens with one attached hydrogen (secondary N) is 1. The van der Waals surface area contributed by atoms with Crippen LogP contribution >= 0.6 is 0 Å². The molecule has 0 spiro atoms. The number of morpholine rings is 1. The second-order valence-corrected chi connectivity index (χ2v) is 11.0. The fourth-order valence-electron chi connectivity index (χ4n) is 4.94. The summed E-state index contributed by atoms with van der Waals surface area (Å²) in [5.74, 6) is -3.03. The zero-order chi connectivity index (χ0) is 27.8. The number of piperazine rings is 1. The summed E-state index contributed by atoms with van der Waals surface area (Å²) in [4.78, 5) is 20.9. The van der Waals surface area contributed by atoms with Crippen LogP contribution < -0.4 is 10.2 Å². The molecule has 0 saturated carbocycles. The summed E-state index contributed by atoms with van der Waals surface area (Å²) < 4.78 is 34.3. The molecule has 3 aliphatic rings. The molecule has 0 radical (unpaired) electrons. The van der Waals surface area contributed by atoms with Gasteiger partial charge in [-0.25, -0.2) is 0 Å². The van der Waals surface area contributed by atoms with Crippen LogP contribution in [0.3, 0.4) is 0 Å². The van der Waals surface area contributed by atoms with E-state index >= 15 is 0 Å². The fourth-order valence-corrected chi connectivity index (χ4v) is 4.94. The lowest BCUT2D eigenvalue weighted by Crippen LogP contribution is -2.49. The van der Waals surface area contributed by atoms with Gasteiger partial charge < -0.3 is 24.6 Å². The highest BCUT2D eigenvalue weighted by atomic mass is 19.3. The van der Waals surface area contributed by atoms with Gasteiger partial charge in [-0.3, -0.25) is 9.88 Å². The maximum absolute atomic E-state index is 14.6. The topological polar surface area (TPSA) is 60.9 Å². The van der Waals surface area contributed by atoms with E-state index in [1.807, 2.05) is 11.9 Å². The van der Waals surface area contributed by atoms with Crippen LogP contribution in [0.1, 0.15) is 37.6 Å². The minimum absolute atomic E-state index is 0.00772. The average molecular weight is 532 g/mol. The molecule has 38 heavy (non-hydrogen) atoms. The second-order valence-electron chi connectivity index (χ2n) is 11.0. The third-order valence-electron chi connectivity index (χ3n) is 7.07. The summed E-state index contributed by atoms with van der Waals surface area (Å²) in [5, 5.41) is 3.31. The number of alkyl halides is 2. The van der Waals surface area contributed by atoms with Crippen molar-refractivity contribution in [3.8, 4) is 0 Å². The Kier molecular flexibility index (Phi) is 10.7. The van der Waals surface area contributed by atoms with Crippen LogP contribution in [0.4, 0.5) is 14.5 Å². The Morgan fingerprint density at radius 3 is 2.39 bits per heavy atom. The van der Waals surface area contributed by atoms with Crippen molar-refractivity contribution in [2.45, 2.75) is 38.2 Å². The largest absolute Gasteiger partial charge is 0.379 e. The van der Waals surface area contributed by atoms with Gasteiger partial charge >= 0.3 is 0 Å². The minimum Gasteiger partial charge on any atom is -0.379 e. The number of pyridine rings is 1. The molecule has 5 rings (SSSR count). The van der Waals surface area contributed by atoms with Crippen LogP contribution in [0.2, 0.25) is 0 Å². The Morgan fingerprint density at radius 1 is 1.13 bits per heavy atom. The van der Waals surface area contributed by atoms with Crippen LogP contribution in [0.15, 0.2) is 42.6 Å². The number of ether oxygens (including phenoxy) is 1. The van der Waals surface area contributed by atoms with Gasteiger partial charge in [-0.1, -0.05) is 44.2 Å². The highest BCUT2D eigenvalue weighted by Crippen LogP contribution is 2.42. The van der Waals surface area contributed by atoms with E-state index in [-0.39, 0.29) is 16.5 Å². The number of anilines is 1. The third kappa shape index (κ3) is 8.02. The highest BCUT2D eigenvalue weighted by molar-refractivity contribution is 5.60. The van der Waals surface area contributed by atoms with Crippen LogP contribution in [-0.4, -0.2) is 100 Å². The maximum Gasteiger partial charge on any atom is 0.300 e. The number of halogens is 2. The smallest absolute Gasteiger partial charge is 0.300 e. The molecular weight excluding hydrogens is 488 g/mol. The van der Waals surface area contributed by atoms with E-state index in [0.717, 1.165) is 70.1 Å². The third-order valence-corrected chi connectivity index (χ3v) is 7.07. The minimum atomic E-state index is -3.03. The lowest BCUT2D eigenvalue weighted by Gasteiger charge is -2.30. The monoisotopic (exact) mass is 531 g/mol.